The minimum absolute atomic E-state index is 0.0487. The number of esters is 1. The van der Waals surface area contributed by atoms with E-state index in [4.69, 9.17) is 4.74 Å². The Morgan fingerprint density at radius 2 is 1.96 bits per heavy atom. The summed E-state index contributed by atoms with van der Waals surface area (Å²) in [7, 11) is 0. The fourth-order valence-electron chi connectivity index (χ4n) is 2.12. The second kappa shape index (κ2) is 8.09. The van der Waals surface area contributed by atoms with Crippen molar-refractivity contribution in [2.75, 3.05) is 11.9 Å². The first-order chi connectivity index (χ1) is 11.9. The number of H-pyrrole nitrogens is 1. The van der Waals surface area contributed by atoms with Gasteiger partial charge in [0.2, 0.25) is 0 Å². The number of carbonyl (C=O) groups is 2. The molecule has 0 unspecified atom stereocenters. The van der Waals surface area contributed by atoms with Gasteiger partial charge >= 0.3 is 11.7 Å². The molecule has 25 heavy (non-hydrogen) atoms. The fraction of sp³-hybridized carbons (Fsp3) is 0.294. The zero-order valence-electron chi connectivity index (χ0n) is 14.0. The van der Waals surface area contributed by atoms with Crippen LogP contribution in [0.25, 0.3) is 0 Å². The summed E-state index contributed by atoms with van der Waals surface area (Å²) in [5, 5.41) is 2.68. The molecule has 0 aliphatic carbocycles. The van der Waals surface area contributed by atoms with Crippen LogP contribution in [0, 0.1) is 13.8 Å². The molecule has 0 saturated heterocycles. The van der Waals surface area contributed by atoms with Gasteiger partial charge in [0.25, 0.3) is 11.5 Å². The molecule has 1 aromatic carbocycles. The molecule has 1 aromatic heterocycles. The average molecular weight is 345 g/mol. The Balaban J connectivity index is 1.81. The molecule has 8 nitrogen and oxygen atoms in total. The highest BCUT2D eigenvalue weighted by Crippen LogP contribution is 2.17. The largest absolute Gasteiger partial charge is 0.456 e. The lowest BCUT2D eigenvalue weighted by molar-refractivity contribution is -0.147. The average Bonchev–Trinajstić information content (AvgIpc) is 2.56. The normalized spacial score (nSPS) is 10.3. The van der Waals surface area contributed by atoms with Crippen molar-refractivity contribution < 1.29 is 14.3 Å². The number of aryl methyl sites for hydroxylation is 2. The number of hydrogen-bond donors (Lipinski definition) is 2. The second-order valence-corrected chi connectivity index (χ2v) is 5.51. The van der Waals surface area contributed by atoms with Crippen molar-refractivity contribution in [1.29, 1.82) is 0 Å². The Labute approximate surface area is 143 Å². The van der Waals surface area contributed by atoms with Gasteiger partial charge < -0.3 is 14.6 Å². The number of benzene rings is 1. The smallest absolute Gasteiger partial charge is 0.328 e. The van der Waals surface area contributed by atoms with Gasteiger partial charge in [0.1, 0.15) is 0 Å². The summed E-state index contributed by atoms with van der Waals surface area (Å²) in [6, 6.07) is 6.71. The molecule has 2 aromatic rings. The van der Waals surface area contributed by atoms with Gasteiger partial charge in [0.15, 0.2) is 6.61 Å². The van der Waals surface area contributed by atoms with Crippen LogP contribution >= 0.6 is 0 Å². The number of amides is 1. The fourth-order valence-corrected chi connectivity index (χ4v) is 2.12. The number of carbonyl (C=O) groups excluding carboxylic acids is 2. The predicted octanol–water partition coefficient (Wildman–Crippen LogP) is 0.725. The van der Waals surface area contributed by atoms with Gasteiger partial charge in [-0.3, -0.25) is 19.4 Å². The minimum Gasteiger partial charge on any atom is -0.456 e. The molecule has 2 rings (SSSR count). The first-order valence-electron chi connectivity index (χ1n) is 7.68. The molecule has 0 aliphatic heterocycles. The van der Waals surface area contributed by atoms with E-state index in [1.807, 2.05) is 26.0 Å². The van der Waals surface area contributed by atoms with E-state index in [0.717, 1.165) is 11.1 Å². The quantitative estimate of drug-likeness (QED) is 0.750. The Bertz CT molecular complexity index is 898. The van der Waals surface area contributed by atoms with Gasteiger partial charge in [-0.15, -0.1) is 0 Å². The molecule has 1 amide bonds. The predicted molar refractivity (Wildman–Crippen MR) is 91.4 cm³/mol. The van der Waals surface area contributed by atoms with Crippen LogP contribution in [0.3, 0.4) is 0 Å². The highest BCUT2D eigenvalue weighted by molar-refractivity contribution is 5.93. The Hall–Kier alpha value is -3.16. The van der Waals surface area contributed by atoms with Crippen molar-refractivity contribution in [3.05, 3.63) is 62.4 Å². The van der Waals surface area contributed by atoms with Crippen LogP contribution in [-0.4, -0.2) is 28.0 Å². The number of ether oxygens (including phenoxy) is 1. The Kier molecular flexibility index (Phi) is 5.89. The van der Waals surface area contributed by atoms with Crippen molar-refractivity contribution >= 4 is 17.6 Å². The summed E-state index contributed by atoms with van der Waals surface area (Å²) in [5.74, 6) is -1.06. The number of aromatic nitrogens is 2. The van der Waals surface area contributed by atoms with Crippen molar-refractivity contribution in [1.82, 2.24) is 9.55 Å². The highest BCUT2D eigenvalue weighted by atomic mass is 16.5. The van der Waals surface area contributed by atoms with Gasteiger partial charge in [-0.2, -0.15) is 0 Å². The molecule has 1 heterocycles. The lowest BCUT2D eigenvalue weighted by Gasteiger charge is -2.10. The second-order valence-electron chi connectivity index (χ2n) is 5.51. The lowest BCUT2D eigenvalue weighted by Crippen LogP contribution is -2.29. The standard InChI is InChI=1S/C17H19N3O5/c1-11-4-3-5-13(12(11)2)18-15(22)10-25-16(23)7-9-20-8-6-14(21)19-17(20)24/h3-6,8H,7,9-10H2,1-2H3,(H,18,22)(H,19,21,24). The number of nitrogens with one attached hydrogen (secondary N) is 2. The van der Waals surface area contributed by atoms with E-state index in [0.29, 0.717) is 5.69 Å². The van der Waals surface area contributed by atoms with Gasteiger partial charge in [0, 0.05) is 24.5 Å². The van der Waals surface area contributed by atoms with Crippen LogP contribution in [0.4, 0.5) is 5.69 Å². The third kappa shape index (κ3) is 5.17. The van der Waals surface area contributed by atoms with Gasteiger partial charge in [-0.25, -0.2) is 4.79 Å². The number of hydrogen-bond acceptors (Lipinski definition) is 5. The van der Waals surface area contributed by atoms with Crippen LogP contribution in [-0.2, 0) is 20.9 Å². The number of nitrogens with zero attached hydrogens (tertiary/aromatic N) is 1. The minimum atomic E-state index is -0.616. The first-order valence-corrected chi connectivity index (χ1v) is 7.68. The summed E-state index contributed by atoms with van der Waals surface area (Å²) in [4.78, 5) is 48.1. The molecule has 0 atom stereocenters. The van der Waals surface area contributed by atoms with E-state index in [1.54, 1.807) is 6.07 Å². The molecule has 0 spiro atoms. The van der Waals surface area contributed by atoms with Crippen LogP contribution in [0.2, 0.25) is 0 Å². The molecule has 0 fully saturated rings. The maximum atomic E-state index is 11.9. The summed E-state index contributed by atoms with van der Waals surface area (Å²) in [6.07, 6.45) is 1.20. The summed E-state index contributed by atoms with van der Waals surface area (Å²) >= 11 is 0. The molecule has 0 aliphatic rings. The Morgan fingerprint density at radius 1 is 1.20 bits per heavy atom. The molecular formula is C17H19N3O5. The zero-order valence-corrected chi connectivity index (χ0v) is 14.0. The van der Waals surface area contributed by atoms with Crippen LogP contribution in [0.15, 0.2) is 40.1 Å². The number of rotatable bonds is 6. The molecule has 2 N–H and O–H groups in total. The number of anilines is 1. The van der Waals surface area contributed by atoms with Crippen LogP contribution in [0.1, 0.15) is 17.5 Å². The van der Waals surface area contributed by atoms with Crippen molar-refractivity contribution in [2.24, 2.45) is 0 Å². The SMILES string of the molecule is Cc1cccc(NC(=O)COC(=O)CCn2ccc(=O)[nH]c2=O)c1C. The Morgan fingerprint density at radius 3 is 2.68 bits per heavy atom. The highest BCUT2D eigenvalue weighted by Gasteiger charge is 2.10. The van der Waals surface area contributed by atoms with Crippen molar-refractivity contribution in [3.8, 4) is 0 Å². The summed E-state index contributed by atoms with van der Waals surface area (Å²) in [6.45, 7) is 3.46. The molecule has 0 radical (unpaired) electrons. The van der Waals surface area contributed by atoms with Gasteiger partial charge in [-0.05, 0) is 31.0 Å². The summed E-state index contributed by atoms with van der Waals surface area (Å²) < 4.78 is 6.07. The zero-order chi connectivity index (χ0) is 18.4. The molecule has 8 heteroatoms. The van der Waals surface area contributed by atoms with E-state index >= 15 is 0 Å². The van der Waals surface area contributed by atoms with E-state index < -0.39 is 29.7 Å². The van der Waals surface area contributed by atoms with E-state index in [1.165, 1.54) is 16.8 Å². The van der Waals surface area contributed by atoms with Gasteiger partial charge in [-0.1, -0.05) is 12.1 Å². The maximum absolute atomic E-state index is 11.9. The molecule has 132 valence electrons. The van der Waals surface area contributed by atoms with E-state index in [-0.39, 0.29) is 13.0 Å². The number of aromatic amines is 1. The van der Waals surface area contributed by atoms with Crippen molar-refractivity contribution in [2.45, 2.75) is 26.8 Å². The molecule has 0 saturated carbocycles. The topological polar surface area (TPSA) is 110 Å². The maximum Gasteiger partial charge on any atom is 0.328 e. The van der Waals surface area contributed by atoms with Gasteiger partial charge in [0.05, 0.1) is 6.42 Å². The van der Waals surface area contributed by atoms with Crippen molar-refractivity contribution in [3.63, 3.8) is 0 Å². The van der Waals surface area contributed by atoms with Crippen LogP contribution < -0.4 is 16.6 Å². The first kappa shape index (κ1) is 18.2. The van der Waals surface area contributed by atoms with E-state index in [2.05, 4.69) is 10.3 Å². The molecular weight excluding hydrogens is 326 g/mol. The summed E-state index contributed by atoms with van der Waals surface area (Å²) in [5.41, 5.74) is 1.54. The van der Waals surface area contributed by atoms with Crippen LogP contribution in [0.5, 0.6) is 0 Å². The molecule has 0 bridgehead atoms. The van der Waals surface area contributed by atoms with E-state index in [9.17, 15) is 19.2 Å². The monoisotopic (exact) mass is 345 g/mol. The third-order valence-corrected chi connectivity index (χ3v) is 3.70. The third-order valence-electron chi connectivity index (χ3n) is 3.70. The lowest BCUT2D eigenvalue weighted by atomic mass is 10.1.